The Labute approximate surface area is 175 Å². The van der Waals surface area contributed by atoms with Crippen LogP contribution in [0.5, 0.6) is 0 Å². The molecule has 0 aliphatic rings. The molecule has 0 spiro atoms. The second-order valence-electron chi connectivity index (χ2n) is 4.87. The molecule has 0 aliphatic carbocycles. The third-order valence-corrected chi connectivity index (χ3v) is 6.46. The molecule has 0 saturated heterocycles. The first-order valence-corrected chi connectivity index (χ1v) is 11.3. The summed E-state index contributed by atoms with van der Waals surface area (Å²) in [4.78, 5) is 7.35. The maximum absolute atomic E-state index is 10.6. The van der Waals surface area contributed by atoms with Gasteiger partial charge in [0.1, 0.15) is 20.2 Å². The SMILES string of the molecule is O=S(=O)([O-])c1ccc2scnc2c1.O=S(=O)([O-])c1ccc2scnc2c1.[Zn+2]. The largest absolute Gasteiger partial charge is 2.00 e. The number of benzene rings is 2. The summed E-state index contributed by atoms with van der Waals surface area (Å²) in [5.41, 5.74) is 4.29. The van der Waals surface area contributed by atoms with Crippen molar-refractivity contribution in [1.82, 2.24) is 9.97 Å². The zero-order valence-electron chi connectivity index (χ0n) is 13.3. The number of hydrogen-bond donors (Lipinski definition) is 0. The third-order valence-electron chi connectivity index (χ3n) is 3.18. The fourth-order valence-electron chi connectivity index (χ4n) is 1.99. The van der Waals surface area contributed by atoms with Crippen LogP contribution in [0.1, 0.15) is 0 Å². The number of rotatable bonds is 2. The molecule has 8 nitrogen and oxygen atoms in total. The number of nitrogens with zero attached hydrogens (tertiary/aromatic N) is 2. The molecular formula is C14H8N2O6S4Zn. The average molecular weight is 494 g/mol. The van der Waals surface area contributed by atoms with E-state index in [1.807, 2.05) is 0 Å². The predicted octanol–water partition coefficient (Wildman–Crippen LogP) is 2.40. The number of aromatic nitrogens is 2. The van der Waals surface area contributed by atoms with Crippen molar-refractivity contribution in [3.05, 3.63) is 47.4 Å². The van der Waals surface area contributed by atoms with E-state index in [9.17, 15) is 25.9 Å². The van der Waals surface area contributed by atoms with Crippen LogP contribution in [0.25, 0.3) is 20.4 Å². The molecule has 27 heavy (non-hydrogen) atoms. The van der Waals surface area contributed by atoms with Crippen LogP contribution >= 0.6 is 22.7 Å². The summed E-state index contributed by atoms with van der Waals surface area (Å²) in [6.07, 6.45) is 0. The molecule has 0 aliphatic heterocycles. The van der Waals surface area contributed by atoms with E-state index < -0.39 is 20.2 Å². The van der Waals surface area contributed by atoms with Gasteiger partial charge < -0.3 is 9.11 Å². The van der Waals surface area contributed by atoms with Gasteiger partial charge >= 0.3 is 19.5 Å². The van der Waals surface area contributed by atoms with Crippen molar-refractivity contribution in [1.29, 1.82) is 0 Å². The first kappa shape index (κ1) is 22.0. The second-order valence-corrected chi connectivity index (χ2v) is 9.40. The summed E-state index contributed by atoms with van der Waals surface area (Å²) in [7, 11) is -8.72. The van der Waals surface area contributed by atoms with Crippen molar-refractivity contribution in [2.75, 3.05) is 0 Å². The van der Waals surface area contributed by atoms with E-state index in [-0.39, 0.29) is 29.3 Å². The van der Waals surface area contributed by atoms with Crippen LogP contribution in [-0.4, -0.2) is 35.9 Å². The topological polar surface area (TPSA) is 140 Å². The molecule has 2 aromatic heterocycles. The van der Waals surface area contributed by atoms with Crippen LogP contribution in [0.3, 0.4) is 0 Å². The molecule has 0 saturated carbocycles. The molecule has 4 rings (SSSR count). The Bertz CT molecular complexity index is 1200. The maximum atomic E-state index is 10.6. The van der Waals surface area contributed by atoms with E-state index in [1.54, 1.807) is 23.2 Å². The summed E-state index contributed by atoms with van der Waals surface area (Å²) in [5, 5.41) is 0. The normalized spacial score (nSPS) is 11.6. The first-order chi connectivity index (χ1) is 12.1. The van der Waals surface area contributed by atoms with E-state index in [0.29, 0.717) is 11.0 Å². The molecule has 136 valence electrons. The molecule has 2 aromatic carbocycles. The van der Waals surface area contributed by atoms with Gasteiger partial charge in [0.05, 0.1) is 41.2 Å². The van der Waals surface area contributed by atoms with Crippen LogP contribution in [0.2, 0.25) is 0 Å². The molecule has 13 heteroatoms. The molecule has 0 fully saturated rings. The molecular weight excluding hydrogens is 486 g/mol. The van der Waals surface area contributed by atoms with Crippen molar-refractivity contribution in [3.8, 4) is 0 Å². The van der Waals surface area contributed by atoms with Crippen LogP contribution in [0, 0.1) is 0 Å². The molecule has 4 aromatic rings. The molecule has 0 amide bonds. The van der Waals surface area contributed by atoms with Gasteiger partial charge in [0.2, 0.25) is 0 Å². The summed E-state index contributed by atoms with van der Waals surface area (Å²) in [6.45, 7) is 0. The van der Waals surface area contributed by atoms with E-state index in [0.717, 1.165) is 9.40 Å². The van der Waals surface area contributed by atoms with Crippen molar-refractivity contribution >= 4 is 63.3 Å². The summed E-state index contributed by atoms with van der Waals surface area (Å²) < 4.78 is 65.4. The fourth-order valence-corrected chi connectivity index (χ4v) is 4.29. The Balaban J connectivity index is 0.000000187. The van der Waals surface area contributed by atoms with Gasteiger partial charge in [-0.1, -0.05) is 0 Å². The zero-order chi connectivity index (χ0) is 18.9. The van der Waals surface area contributed by atoms with E-state index in [1.165, 1.54) is 46.9 Å². The van der Waals surface area contributed by atoms with Crippen LogP contribution in [0.15, 0.2) is 57.2 Å². The van der Waals surface area contributed by atoms with Crippen LogP contribution in [0.4, 0.5) is 0 Å². The number of hydrogen-bond acceptors (Lipinski definition) is 10. The van der Waals surface area contributed by atoms with Gasteiger partial charge in [-0.2, -0.15) is 0 Å². The Morgan fingerprint density at radius 1 is 0.704 bits per heavy atom. The average Bonchev–Trinajstić information content (AvgIpc) is 3.21. The molecule has 0 N–H and O–H groups in total. The fraction of sp³-hybridized carbons (Fsp3) is 0. The van der Waals surface area contributed by atoms with Crippen LogP contribution < -0.4 is 0 Å². The minimum absolute atomic E-state index is 0. The van der Waals surface area contributed by atoms with E-state index >= 15 is 0 Å². The van der Waals surface area contributed by atoms with Gasteiger partial charge in [-0.3, -0.25) is 0 Å². The van der Waals surface area contributed by atoms with Gasteiger partial charge in [0, 0.05) is 0 Å². The summed E-state index contributed by atoms with van der Waals surface area (Å²) >= 11 is 2.80. The number of thiazole rings is 2. The Morgan fingerprint density at radius 2 is 1.07 bits per heavy atom. The molecule has 0 atom stereocenters. The monoisotopic (exact) mass is 492 g/mol. The minimum Gasteiger partial charge on any atom is -0.744 e. The van der Waals surface area contributed by atoms with Gasteiger partial charge in [0.25, 0.3) is 0 Å². The number of fused-ring (bicyclic) bond motifs is 2. The predicted molar refractivity (Wildman–Crippen MR) is 95.2 cm³/mol. The summed E-state index contributed by atoms with van der Waals surface area (Å²) in [6, 6.07) is 8.32. The van der Waals surface area contributed by atoms with Crippen molar-refractivity contribution < 1.29 is 45.4 Å². The quantitative estimate of drug-likeness (QED) is 0.306. The Hall–Kier alpha value is -1.34. The molecule has 0 radical (unpaired) electrons. The van der Waals surface area contributed by atoms with E-state index in [4.69, 9.17) is 0 Å². The maximum Gasteiger partial charge on any atom is 2.00 e. The van der Waals surface area contributed by atoms with Gasteiger partial charge in [-0.15, -0.1) is 22.7 Å². The van der Waals surface area contributed by atoms with Gasteiger partial charge in [0.15, 0.2) is 0 Å². The van der Waals surface area contributed by atoms with Crippen molar-refractivity contribution in [2.24, 2.45) is 0 Å². The summed E-state index contributed by atoms with van der Waals surface area (Å²) in [5.74, 6) is 0. The molecule has 2 heterocycles. The van der Waals surface area contributed by atoms with Crippen molar-refractivity contribution in [2.45, 2.75) is 9.79 Å². The second kappa shape index (κ2) is 8.35. The van der Waals surface area contributed by atoms with E-state index in [2.05, 4.69) is 9.97 Å². The zero-order valence-corrected chi connectivity index (χ0v) is 19.5. The standard InChI is InChI=1S/2C7H5NO3S2.Zn/c2*9-13(10,11)5-1-2-7-6(3-5)8-4-12-7;/h2*1-4H,(H,9,10,11);/q;;+2/p-2. The first-order valence-electron chi connectivity index (χ1n) is 6.73. The van der Waals surface area contributed by atoms with Gasteiger partial charge in [-0.25, -0.2) is 26.8 Å². The van der Waals surface area contributed by atoms with Crippen LogP contribution in [-0.2, 0) is 39.7 Å². The molecule has 0 bridgehead atoms. The van der Waals surface area contributed by atoms with Crippen molar-refractivity contribution in [3.63, 3.8) is 0 Å². The molecule has 0 unspecified atom stereocenters. The third kappa shape index (κ3) is 5.35. The minimum atomic E-state index is -4.36. The Morgan fingerprint density at radius 3 is 1.41 bits per heavy atom. The smallest absolute Gasteiger partial charge is 0.744 e. The Kier molecular flexibility index (Phi) is 6.79. The van der Waals surface area contributed by atoms with Gasteiger partial charge in [-0.05, 0) is 36.4 Å².